The Balaban J connectivity index is 2.12. The van der Waals surface area contributed by atoms with Crippen LogP contribution in [0.15, 0.2) is 30.3 Å². The first kappa shape index (κ1) is 71.1. The number of benzene rings is 1. The first-order chi connectivity index (χ1) is 39.1. The zero-order valence-corrected chi connectivity index (χ0v) is 53.0. The molecule has 3 rings (SSSR count). The van der Waals surface area contributed by atoms with Gasteiger partial charge < -0.3 is 61.3 Å². The minimum absolute atomic E-state index is 0.00131. The Morgan fingerprint density at radius 1 is 0.429 bits per heavy atom. The number of carbonyl (C=O) groups is 12. The van der Waals surface area contributed by atoms with Crippen LogP contribution in [0.3, 0.4) is 0 Å². The van der Waals surface area contributed by atoms with Gasteiger partial charge in [0, 0.05) is 48.2 Å². The lowest BCUT2D eigenvalue weighted by atomic mass is 9.98. The van der Waals surface area contributed by atoms with E-state index in [1.807, 2.05) is 55.4 Å². The summed E-state index contributed by atoms with van der Waals surface area (Å²) in [5, 5.41) is 16.4. The molecule has 24 nitrogen and oxygen atoms in total. The lowest BCUT2D eigenvalue weighted by molar-refractivity contribution is -0.148. The molecule has 6 N–H and O–H groups in total. The van der Waals surface area contributed by atoms with E-state index in [0.29, 0.717) is 12.0 Å². The maximum Gasteiger partial charge on any atom is 0.245 e. The predicted octanol–water partition coefficient (Wildman–Crippen LogP) is 1.19. The predicted molar refractivity (Wildman–Crippen MR) is 317 cm³/mol. The Morgan fingerprint density at radius 2 is 0.845 bits per heavy atom. The molecule has 2 fully saturated rings. The third-order valence-corrected chi connectivity index (χ3v) is 15.6. The van der Waals surface area contributed by atoms with Gasteiger partial charge >= 0.3 is 0 Å². The van der Waals surface area contributed by atoms with Crippen molar-refractivity contribution in [2.24, 2.45) is 23.7 Å². The maximum atomic E-state index is 14.6. The van der Waals surface area contributed by atoms with E-state index in [2.05, 4.69) is 31.9 Å². The molecule has 470 valence electrons. The van der Waals surface area contributed by atoms with Crippen molar-refractivity contribution in [3.8, 4) is 0 Å². The summed E-state index contributed by atoms with van der Waals surface area (Å²) in [4.78, 5) is 177. The molecular formula is C60H98N12O12. The van der Waals surface area contributed by atoms with E-state index >= 15 is 0 Å². The second-order valence-corrected chi connectivity index (χ2v) is 24.7. The fourth-order valence-electron chi connectivity index (χ4n) is 10.4. The van der Waals surface area contributed by atoms with Crippen LogP contribution in [0.25, 0.3) is 0 Å². The molecule has 24 heteroatoms. The van der Waals surface area contributed by atoms with Crippen molar-refractivity contribution in [1.29, 1.82) is 0 Å². The second-order valence-electron chi connectivity index (χ2n) is 24.7. The molecule has 0 unspecified atom stereocenters. The van der Waals surface area contributed by atoms with Crippen molar-refractivity contribution in [2.75, 3.05) is 48.3 Å². The molecular weight excluding hydrogens is 1080 g/mol. The van der Waals surface area contributed by atoms with Gasteiger partial charge in [-0.15, -0.1) is 0 Å². The Hall–Kier alpha value is -7.14. The summed E-state index contributed by atoms with van der Waals surface area (Å²) in [6.07, 6.45) is 1.31. The van der Waals surface area contributed by atoms with Crippen LogP contribution in [0.5, 0.6) is 0 Å². The van der Waals surface area contributed by atoms with Gasteiger partial charge in [0.25, 0.3) is 0 Å². The summed E-state index contributed by atoms with van der Waals surface area (Å²) in [6, 6.07) is -3.89. The Labute approximate surface area is 497 Å². The fraction of sp³-hybridized carbons (Fsp3) is 0.700. The zero-order valence-electron chi connectivity index (χ0n) is 53.0. The molecule has 0 aromatic heterocycles. The highest BCUT2D eigenvalue weighted by molar-refractivity contribution is 5.99. The highest BCUT2D eigenvalue weighted by Crippen LogP contribution is 2.23. The number of fused-ring (bicyclic) bond motifs is 1. The molecule has 1 aromatic rings. The summed E-state index contributed by atoms with van der Waals surface area (Å²) in [5.74, 6) is -8.36. The number of carbonyl (C=O) groups excluding carboxylic acids is 12. The molecule has 0 radical (unpaired) electrons. The number of nitrogens with zero attached hydrogens (tertiary/aromatic N) is 6. The highest BCUT2D eigenvalue weighted by atomic mass is 16.2. The van der Waals surface area contributed by atoms with E-state index in [0.717, 1.165) is 4.90 Å². The van der Waals surface area contributed by atoms with Crippen LogP contribution in [0, 0.1) is 23.7 Å². The van der Waals surface area contributed by atoms with Crippen molar-refractivity contribution in [3.63, 3.8) is 0 Å². The first-order valence-electron chi connectivity index (χ1n) is 29.6. The molecule has 0 aliphatic carbocycles. The van der Waals surface area contributed by atoms with Crippen LogP contribution in [0.4, 0.5) is 0 Å². The van der Waals surface area contributed by atoms with Gasteiger partial charge in [-0.05, 0) is 102 Å². The molecule has 2 saturated heterocycles. The smallest absolute Gasteiger partial charge is 0.245 e. The van der Waals surface area contributed by atoms with Gasteiger partial charge in [0.1, 0.15) is 66.5 Å². The van der Waals surface area contributed by atoms with Crippen LogP contribution in [0.1, 0.15) is 134 Å². The SMILES string of the molecule is CC(C)C[C@@H]1NC(=O)[C@H](C)N(C)C(=O)[C@@H]2CCCN2C(=O)[C@H](C)NC(=O)[C@H](C)NC(=O)[C@H](CC(C)C)N(C)C(=O)[C@H](CC(C)C)NC(=O)[C@H](C)N(C)C(=O)[C@H](CC(C)C)NC(=O)[C@H](Cc2ccccc2)N(C)C(=O)[C@H](C)NC(=O)CN(C)C1=O. The number of hydrogen-bond donors (Lipinski definition) is 6. The number of amides is 12. The van der Waals surface area contributed by atoms with Crippen LogP contribution in [-0.4, -0.2) is 215 Å². The van der Waals surface area contributed by atoms with E-state index in [-0.39, 0.29) is 68.7 Å². The normalized spacial score (nSPS) is 27.8. The zero-order chi connectivity index (χ0) is 63.8. The molecule has 2 aliphatic heterocycles. The third-order valence-electron chi connectivity index (χ3n) is 15.6. The summed E-state index contributed by atoms with van der Waals surface area (Å²) in [5.41, 5.74) is 0.680. The van der Waals surface area contributed by atoms with Gasteiger partial charge in [0.15, 0.2) is 0 Å². The summed E-state index contributed by atoms with van der Waals surface area (Å²) in [7, 11) is 7.02. The van der Waals surface area contributed by atoms with Gasteiger partial charge in [-0.3, -0.25) is 57.5 Å². The van der Waals surface area contributed by atoms with Crippen LogP contribution in [0.2, 0.25) is 0 Å². The van der Waals surface area contributed by atoms with Crippen molar-refractivity contribution in [3.05, 3.63) is 35.9 Å². The quantitative estimate of drug-likeness (QED) is 0.193. The van der Waals surface area contributed by atoms with Crippen LogP contribution in [-0.2, 0) is 64.0 Å². The van der Waals surface area contributed by atoms with Crippen molar-refractivity contribution >= 4 is 70.9 Å². The molecule has 2 aliphatic rings. The minimum Gasteiger partial charge on any atom is -0.343 e. The lowest BCUT2D eigenvalue weighted by Gasteiger charge is -2.35. The topological polar surface area (TPSA) is 296 Å². The standard InChI is InChI=1S/C60H98N12O12/c1-33(2)27-43-57(81)67(14)32-49(73)61-38(10)55(79)70(17)48(31-42-23-20-19-21-24-42)54(78)66-44(28-34(3)4)58(82)68(15)40(12)51(75)65-45(29-35(5)6)59(83)71(18)47(30-36(7)8)53(77)62-37(9)50(74)63-39(11)56(80)72-26-22-25-46(72)60(84)69(16)41(13)52(76)64-43/h19-21,23-24,33-41,43-48H,22,25-32H2,1-18H3,(H,61,73)(H,62,77)(H,63,74)(H,64,76)(H,65,75)(H,66,78)/t37-,38-,39-,40-,41-,43-,44-,45-,46-,47-,48-/m0/s1. The second kappa shape index (κ2) is 32.2. The molecule has 0 bridgehead atoms. The summed E-state index contributed by atoms with van der Waals surface area (Å²) < 4.78 is 0. The number of hydrogen-bond acceptors (Lipinski definition) is 12. The van der Waals surface area contributed by atoms with Gasteiger partial charge in [0.05, 0.1) is 6.54 Å². The van der Waals surface area contributed by atoms with E-state index in [1.54, 1.807) is 30.3 Å². The molecule has 12 amide bonds. The average Bonchev–Trinajstić information content (AvgIpc) is 3.62. The van der Waals surface area contributed by atoms with E-state index in [1.165, 1.54) is 94.4 Å². The maximum absolute atomic E-state index is 14.6. The van der Waals surface area contributed by atoms with Crippen LogP contribution >= 0.6 is 0 Å². The van der Waals surface area contributed by atoms with Gasteiger partial charge in [0.2, 0.25) is 70.9 Å². The van der Waals surface area contributed by atoms with Crippen molar-refractivity contribution in [1.82, 2.24) is 61.3 Å². The molecule has 2 heterocycles. The minimum atomic E-state index is -1.23. The monoisotopic (exact) mass is 1180 g/mol. The van der Waals surface area contributed by atoms with Crippen LogP contribution < -0.4 is 31.9 Å². The summed E-state index contributed by atoms with van der Waals surface area (Å²) in [6.45, 7) is 21.7. The third kappa shape index (κ3) is 20.0. The van der Waals surface area contributed by atoms with Crippen molar-refractivity contribution in [2.45, 2.75) is 201 Å². The van der Waals surface area contributed by atoms with E-state index in [9.17, 15) is 57.5 Å². The number of rotatable bonds is 10. The molecule has 1 aromatic carbocycles. The fourth-order valence-corrected chi connectivity index (χ4v) is 10.4. The number of nitrogens with one attached hydrogen (secondary N) is 6. The van der Waals surface area contributed by atoms with Gasteiger partial charge in [-0.25, -0.2) is 0 Å². The van der Waals surface area contributed by atoms with Crippen molar-refractivity contribution < 1.29 is 57.5 Å². The Kier molecular flexibility index (Phi) is 27.3. The molecule has 0 saturated carbocycles. The average molecular weight is 1180 g/mol. The van der Waals surface area contributed by atoms with E-state index < -0.39 is 144 Å². The molecule has 84 heavy (non-hydrogen) atoms. The largest absolute Gasteiger partial charge is 0.343 e. The summed E-state index contributed by atoms with van der Waals surface area (Å²) >= 11 is 0. The van der Waals surface area contributed by atoms with E-state index in [4.69, 9.17) is 0 Å². The van der Waals surface area contributed by atoms with Gasteiger partial charge in [-0.1, -0.05) is 85.7 Å². The molecule has 11 atom stereocenters. The lowest BCUT2D eigenvalue weighted by Crippen LogP contribution is -2.60. The Morgan fingerprint density at radius 3 is 1.35 bits per heavy atom. The first-order valence-corrected chi connectivity index (χ1v) is 29.6. The Bertz CT molecular complexity index is 2510. The number of likely N-dealkylation sites (N-methyl/N-ethyl adjacent to an activating group) is 5. The molecule has 0 spiro atoms. The highest BCUT2D eigenvalue weighted by Gasteiger charge is 2.42. The van der Waals surface area contributed by atoms with Gasteiger partial charge in [-0.2, -0.15) is 0 Å².